The minimum Gasteiger partial charge on any atom is -0.347 e. The van der Waals surface area contributed by atoms with Gasteiger partial charge in [-0.25, -0.2) is 9.07 Å². The van der Waals surface area contributed by atoms with Crippen molar-refractivity contribution in [3.05, 3.63) is 102 Å². The number of pyridine rings is 1. The molecule has 0 spiro atoms. The van der Waals surface area contributed by atoms with E-state index in [0.717, 1.165) is 16.8 Å². The van der Waals surface area contributed by atoms with E-state index in [2.05, 4.69) is 15.4 Å². The molecule has 0 saturated heterocycles. The Bertz CT molecular complexity index is 1080. The van der Waals surface area contributed by atoms with Crippen molar-refractivity contribution >= 4 is 5.91 Å². The van der Waals surface area contributed by atoms with Crippen molar-refractivity contribution in [2.24, 2.45) is 0 Å². The Kier molecular flexibility index (Phi) is 4.93. The third-order valence-corrected chi connectivity index (χ3v) is 4.26. The molecule has 0 fully saturated rings. The average Bonchev–Trinajstić information content (AvgIpc) is 3.19. The van der Waals surface area contributed by atoms with Crippen LogP contribution < -0.4 is 5.32 Å². The number of hydrogen-bond donors (Lipinski definition) is 1. The van der Waals surface area contributed by atoms with Crippen molar-refractivity contribution in [3.8, 4) is 16.9 Å². The predicted molar refractivity (Wildman–Crippen MR) is 104 cm³/mol. The van der Waals surface area contributed by atoms with Crippen LogP contribution >= 0.6 is 0 Å². The van der Waals surface area contributed by atoms with E-state index in [0.29, 0.717) is 17.9 Å². The smallest absolute Gasteiger partial charge is 0.270 e. The van der Waals surface area contributed by atoms with E-state index in [1.54, 1.807) is 35.3 Å². The molecule has 1 amide bonds. The topological polar surface area (TPSA) is 59.8 Å². The molecule has 138 valence electrons. The fourth-order valence-electron chi connectivity index (χ4n) is 2.85. The molecule has 0 aliphatic rings. The molecule has 1 N–H and O–H groups in total. The van der Waals surface area contributed by atoms with Crippen LogP contribution in [0.3, 0.4) is 0 Å². The number of carbonyl (C=O) groups is 1. The fourth-order valence-corrected chi connectivity index (χ4v) is 2.85. The van der Waals surface area contributed by atoms with Crippen LogP contribution in [-0.4, -0.2) is 20.7 Å². The fraction of sp³-hybridized carbons (Fsp3) is 0.0455. The van der Waals surface area contributed by atoms with E-state index in [1.165, 1.54) is 12.1 Å². The Hall–Kier alpha value is -3.80. The summed E-state index contributed by atoms with van der Waals surface area (Å²) < 4.78 is 14.8. The van der Waals surface area contributed by atoms with E-state index in [9.17, 15) is 9.18 Å². The third-order valence-electron chi connectivity index (χ3n) is 4.26. The molecule has 0 unspecified atom stereocenters. The van der Waals surface area contributed by atoms with Gasteiger partial charge in [0.2, 0.25) is 0 Å². The highest BCUT2D eigenvalue weighted by Gasteiger charge is 2.17. The summed E-state index contributed by atoms with van der Waals surface area (Å²) in [5.74, 6) is -0.575. The molecular formula is C22H17FN4O. The normalized spacial score (nSPS) is 10.6. The molecule has 28 heavy (non-hydrogen) atoms. The molecule has 5 nitrogen and oxygen atoms in total. The second-order valence-corrected chi connectivity index (χ2v) is 6.21. The zero-order valence-corrected chi connectivity index (χ0v) is 14.9. The van der Waals surface area contributed by atoms with Gasteiger partial charge in [-0.3, -0.25) is 9.78 Å². The first-order valence-electron chi connectivity index (χ1n) is 8.79. The van der Waals surface area contributed by atoms with Gasteiger partial charge in [-0.1, -0.05) is 24.3 Å². The van der Waals surface area contributed by atoms with Crippen LogP contribution in [0.25, 0.3) is 16.9 Å². The van der Waals surface area contributed by atoms with Gasteiger partial charge in [0, 0.05) is 24.5 Å². The van der Waals surface area contributed by atoms with Gasteiger partial charge in [-0.2, -0.15) is 5.10 Å². The molecule has 0 saturated carbocycles. The van der Waals surface area contributed by atoms with Crippen molar-refractivity contribution in [2.45, 2.75) is 6.54 Å². The number of benzene rings is 2. The SMILES string of the molecule is O=C(NCc1cccnc1)c1cc(-c2ccc(F)cc2)nn1-c1ccccc1. The number of aromatic nitrogens is 3. The van der Waals surface area contributed by atoms with Crippen LogP contribution in [0, 0.1) is 5.82 Å². The molecule has 0 atom stereocenters. The summed E-state index contributed by atoms with van der Waals surface area (Å²) in [6.07, 6.45) is 3.39. The maximum absolute atomic E-state index is 13.2. The summed E-state index contributed by atoms with van der Waals surface area (Å²) >= 11 is 0. The zero-order chi connectivity index (χ0) is 19.3. The van der Waals surface area contributed by atoms with Crippen LogP contribution in [0.15, 0.2) is 85.2 Å². The number of carbonyl (C=O) groups excluding carboxylic acids is 1. The number of halogens is 1. The lowest BCUT2D eigenvalue weighted by Crippen LogP contribution is -2.25. The summed E-state index contributed by atoms with van der Waals surface area (Å²) in [4.78, 5) is 16.9. The molecule has 2 aromatic carbocycles. The van der Waals surface area contributed by atoms with Crippen molar-refractivity contribution in [1.29, 1.82) is 0 Å². The quantitative estimate of drug-likeness (QED) is 0.576. The number of rotatable bonds is 5. The second-order valence-electron chi connectivity index (χ2n) is 6.21. The lowest BCUT2D eigenvalue weighted by molar-refractivity contribution is 0.0943. The summed E-state index contributed by atoms with van der Waals surface area (Å²) in [6, 6.07) is 20.9. The average molecular weight is 372 g/mol. The number of nitrogens with one attached hydrogen (secondary N) is 1. The van der Waals surface area contributed by atoms with E-state index < -0.39 is 0 Å². The van der Waals surface area contributed by atoms with Crippen LogP contribution in [-0.2, 0) is 6.54 Å². The molecule has 4 aromatic rings. The second kappa shape index (κ2) is 7.84. The molecule has 0 aliphatic heterocycles. The highest BCUT2D eigenvalue weighted by atomic mass is 19.1. The van der Waals surface area contributed by atoms with Gasteiger partial charge in [0.25, 0.3) is 5.91 Å². The maximum atomic E-state index is 13.2. The third kappa shape index (κ3) is 3.81. The molecular weight excluding hydrogens is 355 g/mol. The largest absolute Gasteiger partial charge is 0.347 e. The van der Waals surface area contributed by atoms with Crippen molar-refractivity contribution in [3.63, 3.8) is 0 Å². The van der Waals surface area contributed by atoms with E-state index in [4.69, 9.17) is 0 Å². The first kappa shape index (κ1) is 17.6. The molecule has 2 heterocycles. The van der Waals surface area contributed by atoms with Crippen LogP contribution in [0.1, 0.15) is 16.1 Å². The Morgan fingerprint density at radius 3 is 2.50 bits per heavy atom. The maximum Gasteiger partial charge on any atom is 0.270 e. The standard InChI is InChI=1S/C22H17FN4O/c23-18-10-8-17(9-11-18)20-13-21(27(26-20)19-6-2-1-3-7-19)22(28)25-15-16-5-4-12-24-14-16/h1-14H,15H2,(H,25,28). The van der Waals surface area contributed by atoms with E-state index in [-0.39, 0.29) is 11.7 Å². The van der Waals surface area contributed by atoms with Crippen molar-refractivity contribution < 1.29 is 9.18 Å². The van der Waals surface area contributed by atoms with Gasteiger partial charge in [-0.15, -0.1) is 0 Å². The molecule has 4 rings (SSSR count). The lowest BCUT2D eigenvalue weighted by Gasteiger charge is -2.08. The van der Waals surface area contributed by atoms with Crippen molar-refractivity contribution in [1.82, 2.24) is 20.1 Å². The Morgan fingerprint density at radius 2 is 1.79 bits per heavy atom. The van der Waals surface area contributed by atoms with Gasteiger partial charge in [0.15, 0.2) is 0 Å². The van der Waals surface area contributed by atoms with Gasteiger partial charge < -0.3 is 5.32 Å². The number of para-hydroxylation sites is 1. The highest BCUT2D eigenvalue weighted by Crippen LogP contribution is 2.22. The van der Waals surface area contributed by atoms with Gasteiger partial charge >= 0.3 is 0 Å². The number of nitrogens with zero attached hydrogens (tertiary/aromatic N) is 3. The molecule has 0 radical (unpaired) electrons. The summed E-state index contributed by atoms with van der Waals surface area (Å²) in [7, 11) is 0. The summed E-state index contributed by atoms with van der Waals surface area (Å²) in [5.41, 5.74) is 3.39. The molecule has 0 bridgehead atoms. The highest BCUT2D eigenvalue weighted by molar-refractivity contribution is 5.94. The summed E-state index contributed by atoms with van der Waals surface area (Å²) in [5, 5.41) is 7.48. The van der Waals surface area contributed by atoms with Gasteiger partial charge in [-0.05, 0) is 54.1 Å². The molecule has 0 aliphatic carbocycles. The Morgan fingerprint density at radius 1 is 1.00 bits per heavy atom. The monoisotopic (exact) mass is 372 g/mol. The Labute approximate surface area is 161 Å². The molecule has 6 heteroatoms. The summed E-state index contributed by atoms with van der Waals surface area (Å²) in [6.45, 7) is 0.360. The number of hydrogen-bond acceptors (Lipinski definition) is 3. The first-order chi connectivity index (χ1) is 13.7. The minimum atomic E-state index is -0.319. The van der Waals surface area contributed by atoms with Crippen LogP contribution in [0.5, 0.6) is 0 Å². The van der Waals surface area contributed by atoms with Crippen LogP contribution in [0.2, 0.25) is 0 Å². The Balaban J connectivity index is 1.68. The van der Waals surface area contributed by atoms with Gasteiger partial charge in [0.05, 0.1) is 11.4 Å². The first-order valence-corrected chi connectivity index (χ1v) is 8.79. The zero-order valence-electron chi connectivity index (χ0n) is 14.9. The lowest BCUT2D eigenvalue weighted by atomic mass is 10.1. The molecule has 2 aromatic heterocycles. The number of amides is 1. The van der Waals surface area contributed by atoms with Gasteiger partial charge in [0.1, 0.15) is 11.5 Å². The van der Waals surface area contributed by atoms with E-state index in [1.807, 2.05) is 42.5 Å². The minimum absolute atomic E-state index is 0.256. The van der Waals surface area contributed by atoms with Crippen molar-refractivity contribution in [2.75, 3.05) is 0 Å². The van der Waals surface area contributed by atoms with Crippen LogP contribution in [0.4, 0.5) is 4.39 Å². The predicted octanol–water partition coefficient (Wildman–Crippen LogP) is 4.00. The van der Waals surface area contributed by atoms with E-state index >= 15 is 0 Å².